The number of nitrogens with one attached hydrogen (secondary N) is 1. The van der Waals surface area contributed by atoms with Crippen molar-refractivity contribution >= 4 is 22.6 Å². The summed E-state index contributed by atoms with van der Waals surface area (Å²) in [6.45, 7) is 1.39. The van der Waals surface area contributed by atoms with Gasteiger partial charge in [0, 0.05) is 11.8 Å². The van der Waals surface area contributed by atoms with Crippen molar-refractivity contribution in [1.82, 2.24) is 4.98 Å². The molecule has 12 heavy (non-hydrogen) atoms. The third-order valence-electron chi connectivity index (χ3n) is 1.53. The second-order valence-corrected chi connectivity index (χ2v) is 3.47. The lowest BCUT2D eigenvalue weighted by molar-refractivity contribution is 0.145. The minimum absolute atomic E-state index is 0.0944. The number of halogens is 3. The minimum Gasteiger partial charge on any atom is -0.359 e. The zero-order valence-electron chi connectivity index (χ0n) is 6.20. The van der Waals surface area contributed by atoms with Crippen LogP contribution in [0, 0.1) is 10.5 Å². The zero-order valence-corrected chi connectivity index (χ0v) is 8.35. The molecule has 1 heterocycles. The van der Waals surface area contributed by atoms with Crippen LogP contribution in [0.4, 0.5) is 8.78 Å². The van der Waals surface area contributed by atoms with E-state index < -0.39 is 6.43 Å². The predicted molar refractivity (Wildman–Crippen MR) is 49.5 cm³/mol. The lowest BCUT2D eigenvalue weighted by atomic mass is 10.2. The smallest absolute Gasteiger partial charge is 0.278 e. The van der Waals surface area contributed by atoms with Crippen molar-refractivity contribution in [2.75, 3.05) is 0 Å². The Morgan fingerprint density at radius 3 is 2.67 bits per heavy atom. The molecule has 0 aliphatic rings. The van der Waals surface area contributed by atoms with Crippen molar-refractivity contribution in [3.05, 3.63) is 31.2 Å². The summed E-state index contributed by atoms with van der Waals surface area (Å²) in [6, 6.07) is 0. The Bertz CT molecular complexity index is 348. The molecule has 0 fully saturated rings. The van der Waals surface area contributed by atoms with Crippen LogP contribution in [-0.2, 0) is 0 Å². The van der Waals surface area contributed by atoms with Gasteiger partial charge in [-0.1, -0.05) is 0 Å². The van der Waals surface area contributed by atoms with Crippen LogP contribution in [0.25, 0.3) is 0 Å². The predicted octanol–water partition coefficient (Wildman–Crippen LogP) is 2.23. The molecule has 1 aromatic heterocycles. The minimum atomic E-state index is -2.62. The van der Waals surface area contributed by atoms with E-state index in [0.717, 1.165) is 0 Å². The number of H-pyrrole nitrogens is 1. The number of pyridine rings is 1. The Balaban J connectivity index is 3.37. The lowest BCUT2D eigenvalue weighted by Gasteiger charge is -2.03. The fourth-order valence-electron chi connectivity index (χ4n) is 0.843. The standard InChI is InChI=1S/C7H6F2INO/c1-3-5(7(8)9)11-2-4(10)6(3)12/h2,7H,1H3,(H,11,12). The maximum Gasteiger partial charge on any atom is 0.278 e. The summed E-state index contributed by atoms with van der Waals surface area (Å²) < 4.78 is 24.8. The summed E-state index contributed by atoms with van der Waals surface area (Å²) in [4.78, 5) is 13.5. The Labute approximate surface area is 81.1 Å². The van der Waals surface area contributed by atoms with E-state index in [2.05, 4.69) is 4.98 Å². The van der Waals surface area contributed by atoms with Gasteiger partial charge in [-0.25, -0.2) is 8.78 Å². The number of rotatable bonds is 1. The highest BCUT2D eigenvalue weighted by atomic mass is 127. The van der Waals surface area contributed by atoms with Gasteiger partial charge < -0.3 is 4.98 Å². The van der Waals surface area contributed by atoms with Crippen LogP contribution >= 0.6 is 22.6 Å². The summed E-state index contributed by atoms with van der Waals surface area (Å²) in [5, 5.41) is 0. The molecule has 0 aliphatic heterocycles. The van der Waals surface area contributed by atoms with Gasteiger partial charge in [0.15, 0.2) is 5.43 Å². The maximum absolute atomic E-state index is 12.2. The van der Waals surface area contributed by atoms with E-state index >= 15 is 0 Å². The Hall–Kier alpha value is -0.460. The topological polar surface area (TPSA) is 32.9 Å². The Kier molecular flexibility index (Phi) is 2.81. The van der Waals surface area contributed by atoms with Gasteiger partial charge in [-0.15, -0.1) is 0 Å². The number of aromatic nitrogens is 1. The van der Waals surface area contributed by atoms with Crippen LogP contribution < -0.4 is 5.43 Å². The number of aromatic amines is 1. The average molecular weight is 285 g/mol. The first-order chi connectivity index (χ1) is 5.54. The van der Waals surface area contributed by atoms with Crippen molar-refractivity contribution in [3.8, 4) is 0 Å². The van der Waals surface area contributed by atoms with Crippen LogP contribution in [0.1, 0.15) is 17.7 Å². The van der Waals surface area contributed by atoms with Gasteiger partial charge in [-0.3, -0.25) is 4.79 Å². The van der Waals surface area contributed by atoms with E-state index in [-0.39, 0.29) is 16.7 Å². The normalized spacial score (nSPS) is 10.8. The van der Waals surface area contributed by atoms with E-state index in [1.807, 2.05) is 0 Å². The molecule has 0 amide bonds. The van der Waals surface area contributed by atoms with Crippen molar-refractivity contribution < 1.29 is 8.78 Å². The monoisotopic (exact) mass is 285 g/mol. The summed E-state index contributed by atoms with van der Waals surface area (Å²) in [5.74, 6) is 0. The maximum atomic E-state index is 12.2. The van der Waals surface area contributed by atoms with Crippen LogP contribution in [-0.4, -0.2) is 4.98 Å². The van der Waals surface area contributed by atoms with E-state index in [4.69, 9.17) is 0 Å². The molecule has 0 aromatic carbocycles. The van der Waals surface area contributed by atoms with E-state index in [0.29, 0.717) is 3.57 Å². The quantitative estimate of drug-likeness (QED) is 0.788. The fourth-order valence-corrected chi connectivity index (χ4v) is 1.40. The van der Waals surface area contributed by atoms with Crippen LogP contribution in [0.5, 0.6) is 0 Å². The first-order valence-electron chi connectivity index (χ1n) is 3.20. The molecule has 0 saturated heterocycles. The van der Waals surface area contributed by atoms with Gasteiger partial charge in [0.05, 0.1) is 9.26 Å². The number of alkyl halides is 2. The van der Waals surface area contributed by atoms with E-state index in [1.54, 1.807) is 22.6 Å². The molecule has 1 aromatic rings. The molecular formula is C7H6F2INO. The van der Waals surface area contributed by atoms with Gasteiger partial charge in [0.2, 0.25) is 0 Å². The molecule has 0 aliphatic carbocycles. The second-order valence-electron chi connectivity index (χ2n) is 2.31. The van der Waals surface area contributed by atoms with Crippen molar-refractivity contribution in [2.45, 2.75) is 13.3 Å². The first-order valence-corrected chi connectivity index (χ1v) is 4.27. The summed E-state index contributed by atoms with van der Waals surface area (Å²) in [6.07, 6.45) is -1.33. The molecule has 0 bridgehead atoms. The van der Waals surface area contributed by atoms with Crippen LogP contribution in [0.3, 0.4) is 0 Å². The number of hydrogen-bond donors (Lipinski definition) is 1. The highest BCUT2D eigenvalue weighted by Crippen LogP contribution is 2.17. The van der Waals surface area contributed by atoms with Crippen LogP contribution in [0.15, 0.2) is 11.0 Å². The molecule has 0 spiro atoms. The highest BCUT2D eigenvalue weighted by molar-refractivity contribution is 14.1. The molecule has 0 saturated carbocycles. The molecule has 0 radical (unpaired) electrons. The summed E-state index contributed by atoms with van der Waals surface area (Å²) >= 11 is 1.80. The molecule has 5 heteroatoms. The van der Waals surface area contributed by atoms with E-state index in [9.17, 15) is 13.6 Å². The van der Waals surface area contributed by atoms with E-state index in [1.165, 1.54) is 13.1 Å². The van der Waals surface area contributed by atoms with Crippen molar-refractivity contribution in [1.29, 1.82) is 0 Å². The number of hydrogen-bond acceptors (Lipinski definition) is 1. The molecule has 0 atom stereocenters. The van der Waals surface area contributed by atoms with Gasteiger partial charge in [-0.05, 0) is 29.5 Å². The van der Waals surface area contributed by atoms with Gasteiger partial charge >= 0.3 is 0 Å². The molecule has 2 nitrogen and oxygen atoms in total. The third kappa shape index (κ3) is 1.65. The molecule has 66 valence electrons. The largest absolute Gasteiger partial charge is 0.359 e. The average Bonchev–Trinajstić information content (AvgIpc) is 2.00. The lowest BCUT2D eigenvalue weighted by Crippen LogP contribution is -2.13. The second kappa shape index (κ2) is 3.51. The molecule has 0 unspecified atom stereocenters. The summed E-state index contributed by atoms with van der Waals surface area (Å²) in [5.41, 5.74) is -0.526. The summed E-state index contributed by atoms with van der Waals surface area (Å²) in [7, 11) is 0. The SMILES string of the molecule is Cc1c(C(F)F)[nH]cc(I)c1=O. The van der Waals surface area contributed by atoms with Crippen molar-refractivity contribution in [3.63, 3.8) is 0 Å². The Morgan fingerprint density at radius 2 is 2.17 bits per heavy atom. The highest BCUT2D eigenvalue weighted by Gasteiger charge is 2.13. The van der Waals surface area contributed by atoms with Gasteiger partial charge in [0.25, 0.3) is 6.43 Å². The zero-order chi connectivity index (χ0) is 9.30. The third-order valence-corrected chi connectivity index (χ3v) is 2.34. The fraction of sp³-hybridized carbons (Fsp3) is 0.286. The van der Waals surface area contributed by atoms with Crippen LogP contribution in [0.2, 0.25) is 0 Å². The van der Waals surface area contributed by atoms with Gasteiger partial charge in [0.1, 0.15) is 0 Å². The molecule has 1 rings (SSSR count). The van der Waals surface area contributed by atoms with Gasteiger partial charge in [-0.2, -0.15) is 0 Å². The molecule has 1 N–H and O–H groups in total. The van der Waals surface area contributed by atoms with Crippen molar-refractivity contribution in [2.24, 2.45) is 0 Å². The Morgan fingerprint density at radius 1 is 1.58 bits per heavy atom. The molecular weight excluding hydrogens is 279 g/mol. The first kappa shape index (κ1) is 9.63.